The molecule has 11 heteroatoms. The first-order chi connectivity index (χ1) is 15.5. The van der Waals surface area contributed by atoms with Gasteiger partial charge in [-0.2, -0.15) is 5.10 Å². The van der Waals surface area contributed by atoms with Gasteiger partial charge in [-0.25, -0.2) is 10.4 Å². The number of aliphatic hydroxyl groups is 5. The van der Waals surface area contributed by atoms with Crippen LogP contribution in [0.25, 0.3) is 0 Å². The lowest BCUT2D eigenvalue weighted by Crippen LogP contribution is -2.47. The molecule has 2 aliphatic rings. The Morgan fingerprint density at radius 2 is 1.88 bits per heavy atom. The summed E-state index contributed by atoms with van der Waals surface area (Å²) in [5.41, 5.74) is 4.51. The molecule has 1 aliphatic heterocycles. The lowest BCUT2D eigenvalue weighted by Gasteiger charge is -2.37. The number of nitrogens with one attached hydrogen (secondary N) is 2. The van der Waals surface area contributed by atoms with Crippen LogP contribution in [0.15, 0.2) is 45.6 Å². The first-order valence-electron chi connectivity index (χ1n) is 10.5. The number of hydrogen-bond acceptors (Lipinski definition) is 10. The minimum atomic E-state index is -1.77. The van der Waals surface area contributed by atoms with E-state index in [1.807, 2.05) is 13.8 Å². The number of nitrogens with zero attached hydrogens (tertiary/aromatic N) is 2. The van der Waals surface area contributed by atoms with Crippen LogP contribution in [0.5, 0.6) is 0 Å². The molecule has 0 bridgehead atoms. The third-order valence-electron chi connectivity index (χ3n) is 5.59. The van der Waals surface area contributed by atoms with Gasteiger partial charge in [0.2, 0.25) is 5.96 Å². The van der Waals surface area contributed by atoms with E-state index in [4.69, 9.17) is 16.7 Å². The molecule has 5 atom stereocenters. The summed E-state index contributed by atoms with van der Waals surface area (Å²) >= 11 is 6.01. The number of hydrogen-bond donors (Lipinski definition) is 7. The molecule has 1 aromatic rings. The molecule has 7 N–H and O–H groups in total. The predicted molar refractivity (Wildman–Crippen MR) is 123 cm³/mol. The molecule has 1 unspecified atom stereocenters. The highest BCUT2D eigenvalue weighted by molar-refractivity contribution is 6.30. The van der Waals surface area contributed by atoms with Crippen LogP contribution in [-0.4, -0.2) is 74.5 Å². The quantitative estimate of drug-likeness (QED) is 0.211. The first kappa shape index (κ1) is 25.3. The molecular formula is C22H29ClN4O6. The summed E-state index contributed by atoms with van der Waals surface area (Å²) in [4.78, 5) is 17.5. The van der Waals surface area contributed by atoms with Crippen LogP contribution in [0.2, 0.25) is 5.02 Å². The van der Waals surface area contributed by atoms with E-state index >= 15 is 0 Å². The van der Waals surface area contributed by atoms with Gasteiger partial charge in [-0.3, -0.25) is 4.79 Å². The van der Waals surface area contributed by atoms with Gasteiger partial charge in [0.15, 0.2) is 5.78 Å². The van der Waals surface area contributed by atoms with Crippen molar-refractivity contribution in [3.8, 4) is 0 Å². The smallest absolute Gasteiger partial charge is 0.217 e. The molecule has 0 spiro atoms. The number of benzene rings is 1. The summed E-state index contributed by atoms with van der Waals surface area (Å²) in [6.07, 6.45) is -4.83. The van der Waals surface area contributed by atoms with Crippen molar-refractivity contribution in [2.24, 2.45) is 15.5 Å². The van der Waals surface area contributed by atoms with Gasteiger partial charge in [0.1, 0.15) is 30.5 Å². The molecular weight excluding hydrogens is 452 g/mol. The van der Waals surface area contributed by atoms with E-state index in [0.29, 0.717) is 23.4 Å². The zero-order valence-corrected chi connectivity index (χ0v) is 19.1. The monoisotopic (exact) mass is 480 g/mol. The van der Waals surface area contributed by atoms with Gasteiger partial charge in [0, 0.05) is 22.7 Å². The van der Waals surface area contributed by atoms with Crippen LogP contribution in [0.4, 0.5) is 0 Å². The number of carbonyl (C=O) groups excluding carboxylic acids is 1. The van der Waals surface area contributed by atoms with Crippen molar-refractivity contribution in [2.75, 3.05) is 6.61 Å². The Bertz CT molecular complexity index is 962. The number of rotatable bonds is 7. The number of aliphatic hydroxyl groups excluding tert-OH is 5. The number of allylic oxidation sites excluding steroid dienone is 1. The highest BCUT2D eigenvalue weighted by Crippen LogP contribution is 2.42. The van der Waals surface area contributed by atoms with E-state index in [1.54, 1.807) is 24.3 Å². The molecule has 0 aromatic heterocycles. The molecule has 0 saturated carbocycles. The number of halogens is 1. The predicted octanol–water partition coefficient (Wildman–Crippen LogP) is -0.00520. The molecule has 33 heavy (non-hydrogen) atoms. The number of aliphatic imine (C=N–C) groups is 1. The SMILES string of the molecule is CC1(C)CC(=O)C2=C(C1)NC(N/N=C/[C@@H](O)[C@@H](O)[C@H](O)[C@H](O)CO)=NC2c1ccc(Cl)cc1. The molecule has 0 saturated heterocycles. The van der Waals surface area contributed by atoms with Gasteiger partial charge >= 0.3 is 0 Å². The highest BCUT2D eigenvalue weighted by Gasteiger charge is 2.39. The topological polar surface area (TPSA) is 167 Å². The maximum Gasteiger partial charge on any atom is 0.217 e. The fourth-order valence-corrected chi connectivity index (χ4v) is 4.00. The van der Waals surface area contributed by atoms with E-state index < -0.39 is 37.1 Å². The van der Waals surface area contributed by atoms with E-state index in [0.717, 1.165) is 17.5 Å². The van der Waals surface area contributed by atoms with Crippen LogP contribution in [0.3, 0.4) is 0 Å². The van der Waals surface area contributed by atoms with E-state index in [9.17, 15) is 25.2 Å². The van der Waals surface area contributed by atoms with Gasteiger partial charge in [-0.15, -0.1) is 0 Å². The number of carbonyl (C=O) groups is 1. The molecule has 0 radical (unpaired) electrons. The molecule has 1 aliphatic carbocycles. The van der Waals surface area contributed by atoms with Gasteiger partial charge in [-0.1, -0.05) is 37.6 Å². The maximum absolute atomic E-state index is 13.0. The standard InChI is InChI=1S/C22H29ClN4O6/c1-22(2)7-13-17(14(29)8-22)18(11-3-5-12(23)6-4-11)26-21(25-13)27-24-9-15(30)19(32)20(33)16(31)10-28/h3-6,9,15-16,18-20,28,30-33H,7-8,10H2,1-2H3,(H2,25,26,27)/b24-9+/t15-,16-,18?,19-,20-/m1/s1. The molecule has 0 amide bonds. The van der Waals surface area contributed by atoms with E-state index in [2.05, 4.69) is 20.8 Å². The number of guanidine groups is 1. The summed E-state index contributed by atoms with van der Waals surface area (Å²) in [7, 11) is 0. The second-order valence-electron chi connectivity index (χ2n) is 9.00. The largest absolute Gasteiger partial charge is 0.394 e. The van der Waals surface area contributed by atoms with Crippen molar-refractivity contribution in [2.45, 2.75) is 57.1 Å². The van der Waals surface area contributed by atoms with Crippen LogP contribution >= 0.6 is 11.6 Å². The number of ketones is 1. The number of Topliss-reactive ketones (excluding diaryl/α,β-unsaturated/α-hetero) is 1. The average Bonchev–Trinajstić information content (AvgIpc) is 2.76. The summed E-state index contributed by atoms with van der Waals surface area (Å²) in [5, 5.41) is 55.4. The molecule has 1 heterocycles. The summed E-state index contributed by atoms with van der Waals surface area (Å²) in [6.45, 7) is 3.24. The lowest BCUT2D eigenvalue weighted by molar-refractivity contribution is -0.118. The average molecular weight is 481 g/mol. The van der Waals surface area contributed by atoms with Crippen molar-refractivity contribution in [1.29, 1.82) is 0 Å². The van der Waals surface area contributed by atoms with E-state index in [-0.39, 0.29) is 17.2 Å². The summed E-state index contributed by atoms with van der Waals surface area (Å²) in [6, 6.07) is 6.47. The van der Waals surface area contributed by atoms with Crippen LogP contribution in [-0.2, 0) is 4.79 Å². The Hall–Kier alpha value is -2.34. The molecule has 180 valence electrons. The summed E-state index contributed by atoms with van der Waals surface area (Å²) in [5.74, 6) is 0.239. The van der Waals surface area contributed by atoms with Gasteiger partial charge in [0.05, 0.1) is 12.8 Å². The Balaban J connectivity index is 1.81. The first-order valence-corrected chi connectivity index (χ1v) is 10.9. The van der Waals surface area contributed by atoms with Gasteiger partial charge in [0.25, 0.3) is 0 Å². The Labute approximate surface area is 196 Å². The van der Waals surface area contributed by atoms with Gasteiger partial charge in [-0.05, 0) is 29.5 Å². The third-order valence-corrected chi connectivity index (χ3v) is 5.84. The number of hydrazone groups is 1. The zero-order valence-electron chi connectivity index (χ0n) is 18.3. The third kappa shape index (κ3) is 5.97. The van der Waals surface area contributed by atoms with Crippen molar-refractivity contribution in [1.82, 2.24) is 10.7 Å². The fourth-order valence-electron chi connectivity index (χ4n) is 3.88. The molecule has 0 fully saturated rings. The van der Waals surface area contributed by atoms with Crippen molar-refractivity contribution >= 4 is 29.6 Å². The maximum atomic E-state index is 13.0. The second-order valence-corrected chi connectivity index (χ2v) is 9.44. The van der Waals surface area contributed by atoms with Crippen LogP contribution in [0.1, 0.15) is 38.3 Å². The van der Waals surface area contributed by atoms with Gasteiger partial charge < -0.3 is 30.8 Å². The lowest BCUT2D eigenvalue weighted by atomic mass is 9.73. The minimum Gasteiger partial charge on any atom is -0.394 e. The Morgan fingerprint density at radius 1 is 1.21 bits per heavy atom. The van der Waals surface area contributed by atoms with Crippen molar-refractivity contribution in [3.63, 3.8) is 0 Å². The fraction of sp³-hybridized carbons (Fsp3) is 0.500. The van der Waals surface area contributed by atoms with E-state index in [1.165, 1.54) is 0 Å². The highest BCUT2D eigenvalue weighted by atomic mass is 35.5. The Morgan fingerprint density at radius 3 is 2.52 bits per heavy atom. The molecule has 3 rings (SSSR count). The second kappa shape index (κ2) is 10.3. The Kier molecular flexibility index (Phi) is 7.88. The van der Waals surface area contributed by atoms with Crippen LogP contribution < -0.4 is 10.7 Å². The van der Waals surface area contributed by atoms with Crippen molar-refractivity contribution < 1.29 is 30.3 Å². The normalized spacial score (nSPS) is 23.9. The van der Waals surface area contributed by atoms with Crippen LogP contribution in [0, 0.1) is 5.41 Å². The molecule has 10 nitrogen and oxygen atoms in total. The van der Waals surface area contributed by atoms with Crippen molar-refractivity contribution in [3.05, 3.63) is 46.1 Å². The minimum absolute atomic E-state index is 0.00924. The zero-order chi connectivity index (χ0) is 24.3. The summed E-state index contributed by atoms with van der Waals surface area (Å²) < 4.78 is 0. The molecule has 1 aromatic carbocycles.